The Morgan fingerprint density at radius 1 is 1.27 bits per heavy atom. The van der Waals surface area contributed by atoms with E-state index in [1.54, 1.807) is 13.2 Å². The Bertz CT molecular complexity index is 279. The highest BCUT2D eigenvalue weighted by Crippen LogP contribution is 2.12. The van der Waals surface area contributed by atoms with Crippen LogP contribution in [-0.2, 0) is 16.1 Å². The molecule has 0 bridgehead atoms. The largest absolute Gasteiger partial charge is 0.490 e. The van der Waals surface area contributed by atoms with Gasteiger partial charge < -0.3 is 14.2 Å². The first kappa shape index (κ1) is 11.8. The maximum Gasteiger partial charge on any atom is 0.146 e. The van der Waals surface area contributed by atoms with Gasteiger partial charge in [-0.2, -0.15) is 0 Å². The van der Waals surface area contributed by atoms with Crippen LogP contribution in [0, 0.1) is 0 Å². The van der Waals surface area contributed by atoms with E-state index in [0.717, 1.165) is 11.3 Å². The number of rotatable bonds is 7. The van der Waals surface area contributed by atoms with Crippen molar-refractivity contribution in [2.24, 2.45) is 0 Å². The lowest BCUT2D eigenvalue weighted by Crippen LogP contribution is -1.97. The van der Waals surface area contributed by atoms with Crippen molar-refractivity contribution >= 4 is 0 Å². The lowest BCUT2D eigenvalue weighted by atomic mass is 10.2. The summed E-state index contributed by atoms with van der Waals surface area (Å²) in [4.78, 5) is 0. The molecule has 3 nitrogen and oxygen atoms in total. The maximum atomic E-state index is 5.35. The zero-order valence-corrected chi connectivity index (χ0v) is 8.94. The number of methoxy groups -OCH3 is 1. The average Bonchev–Trinajstić information content (AvgIpc) is 2.28. The van der Waals surface area contributed by atoms with Crippen LogP contribution in [-0.4, -0.2) is 20.5 Å². The summed E-state index contributed by atoms with van der Waals surface area (Å²) < 4.78 is 15.3. The summed E-state index contributed by atoms with van der Waals surface area (Å²) in [5.74, 6) is 0.838. The van der Waals surface area contributed by atoms with E-state index in [0.29, 0.717) is 20.0 Å². The Hall–Kier alpha value is -1.32. The van der Waals surface area contributed by atoms with Crippen molar-refractivity contribution < 1.29 is 14.2 Å². The second kappa shape index (κ2) is 7.04. The molecule has 15 heavy (non-hydrogen) atoms. The summed E-state index contributed by atoms with van der Waals surface area (Å²) >= 11 is 0. The molecule has 1 aromatic rings. The second-order valence-corrected chi connectivity index (χ2v) is 3.00. The van der Waals surface area contributed by atoms with Crippen LogP contribution < -0.4 is 4.74 Å². The maximum absolute atomic E-state index is 5.35. The van der Waals surface area contributed by atoms with Crippen LogP contribution in [0.4, 0.5) is 0 Å². The number of hydrogen-bond acceptors (Lipinski definition) is 3. The Labute approximate surface area is 90.3 Å². The minimum atomic E-state index is 0.314. The molecule has 0 heterocycles. The highest BCUT2D eigenvalue weighted by Gasteiger charge is 1.94. The van der Waals surface area contributed by atoms with Crippen molar-refractivity contribution in [2.45, 2.75) is 6.61 Å². The predicted molar refractivity (Wildman–Crippen MR) is 58.8 cm³/mol. The van der Waals surface area contributed by atoms with Crippen LogP contribution in [0.2, 0.25) is 0 Å². The molecule has 0 atom stereocenters. The van der Waals surface area contributed by atoms with Crippen LogP contribution >= 0.6 is 0 Å². The number of ether oxygens (including phenoxy) is 3. The van der Waals surface area contributed by atoms with E-state index in [9.17, 15) is 0 Å². The molecule has 1 rings (SSSR count). The third-order valence-corrected chi connectivity index (χ3v) is 1.76. The van der Waals surface area contributed by atoms with E-state index in [2.05, 4.69) is 6.58 Å². The number of hydrogen-bond donors (Lipinski definition) is 0. The molecule has 3 heteroatoms. The monoisotopic (exact) mass is 208 g/mol. The van der Waals surface area contributed by atoms with Crippen molar-refractivity contribution in [3.05, 3.63) is 42.5 Å². The van der Waals surface area contributed by atoms with Gasteiger partial charge in [0.1, 0.15) is 19.1 Å². The van der Waals surface area contributed by atoms with E-state index in [1.165, 1.54) is 0 Å². The fourth-order valence-corrected chi connectivity index (χ4v) is 1.08. The van der Waals surface area contributed by atoms with E-state index in [-0.39, 0.29) is 0 Å². The van der Waals surface area contributed by atoms with Crippen LogP contribution in [0.15, 0.2) is 36.9 Å². The standard InChI is InChI=1S/C12H16O3/c1-3-8-15-12-6-4-11(5-7-12)9-14-10-13-2/h3-7H,1,8-10H2,2H3. The summed E-state index contributed by atoms with van der Waals surface area (Å²) in [7, 11) is 1.60. The van der Waals surface area contributed by atoms with E-state index in [4.69, 9.17) is 14.2 Å². The predicted octanol–water partition coefficient (Wildman–Crippen LogP) is 2.37. The Balaban J connectivity index is 2.38. The third kappa shape index (κ3) is 4.63. The zero-order chi connectivity index (χ0) is 10.9. The minimum Gasteiger partial charge on any atom is -0.490 e. The molecule has 0 aliphatic rings. The summed E-state index contributed by atoms with van der Waals surface area (Å²) in [5, 5.41) is 0. The van der Waals surface area contributed by atoms with E-state index >= 15 is 0 Å². The summed E-state index contributed by atoms with van der Waals surface area (Å²) in [5.41, 5.74) is 1.10. The third-order valence-electron chi connectivity index (χ3n) is 1.76. The molecule has 0 aliphatic heterocycles. The van der Waals surface area contributed by atoms with Crippen molar-refractivity contribution in [1.29, 1.82) is 0 Å². The zero-order valence-electron chi connectivity index (χ0n) is 8.94. The van der Waals surface area contributed by atoms with Gasteiger partial charge in [-0.1, -0.05) is 24.8 Å². The van der Waals surface area contributed by atoms with Gasteiger partial charge in [0.25, 0.3) is 0 Å². The normalized spacial score (nSPS) is 9.93. The molecule has 0 spiro atoms. The van der Waals surface area contributed by atoms with Crippen LogP contribution in [0.1, 0.15) is 5.56 Å². The quantitative estimate of drug-likeness (QED) is 0.391. The first-order valence-electron chi connectivity index (χ1n) is 4.76. The highest BCUT2D eigenvalue weighted by molar-refractivity contribution is 5.26. The Morgan fingerprint density at radius 3 is 2.60 bits per heavy atom. The van der Waals surface area contributed by atoms with Crippen molar-refractivity contribution in [3.8, 4) is 5.75 Å². The minimum absolute atomic E-state index is 0.314. The molecule has 1 aromatic carbocycles. The molecule has 0 amide bonds. The molecule has 0 radical (unpaired) electrons. The van der Waals surface area contributed by atoms with Gasteiger partial charge in [0.05, 0.1) is 6.61 Å². The van der Waals surface area contributed by atoms with Gasteiger partial charge in [-0.15, -0.1) is 0 Å². The molecular weight excluding hydrogens is 192 g/mol. The first-order valence-corrected chi connectivity index (χ1v) is 4.76. The van der Waals surface area contributed by atoms with Crippen LogP contribution in [0.3, 0.4) is 0 Å². The smallest absolute Gasteiger partial charge is 0.146 e. The molecule has 0 N–H and O–H groups in total. The lowest BCUT2D eigenvalue weighted by molar-refractivity contribution is -0.0390. The molecule has 0 unspecified atom stereocenters. The first-order chi connectivity index (χ1) is 7.36. The lowest BCUT2D eigenvalue weighted by Gasteiger charge is -2.05. The Morgan fingerprint density at radius 2 is 2.00 bits per heavy atom. The van der Waals surface area contributed by atoms with Crippen molar-refractivity contribution in [3.63, 3.8) is 0 Å². The molecule has 82 valence electrons. The fraction of sp³-hybridized carbons (Fsp3) is 0.333. The molecule has 0 aromatic heterocycles. The summed E-state index contributed by atoms with van der Waals surface area (Å²) in [6, 6.07) is 7.76. The number of benzene rings is 1. The van der Waals surface area contributed by atoms with Crippen LogP contribution in [0.25, 0.3) is 0 Å². The van der Waals surface area contributed by atoms with Gasteiger partial charge in [-0.05, 0) is 17.7 Å². The summed E-state index contributed by atoms with van der Waals surface area (Å²) in [6.45, 7) is 4.98. The van der Waals surface area contributed by atoms with Crippen molar-refractivity contribution in [1.82, 2.24) is 0 Å². The van der Waals surface area contributed by atoms with Gasteiger partial charge in [0, 0.05) is 7.11 Å². The van der Waals surface area contributed by atoms with Crippen molar-refractivity contribution in [2.75, 3.05) is 20.5 Å². The van der Waals surface area contributed by atoms with E-state index < -0.39 is 0 Å². The van der Waals surface area contributed by atoms with Gasteiger partial charge >= 0.3 is 0 Å². The topological polar surface area (TPSA) is 27.7 Å². The fourth-order valence-electron chi connectivity index (χ4n) is 1.08. The molecular formula is C12H16O3. The molecule has 0 saturated carbocycles. The van der Waals surface area contributed by atoms with E-state index in [1.807, 2.05) is 24.3 Å². The molecule has 0 fully saturated rings. The highest BCUT2D eigenvalue weighted by atomic mass is 16.7. The SMILES string of the molecule is C=CCOc1ccc(COCOC)cc1. The second-order valence-electron chi connectivity index (χ2n) is 3.00. The van der Waals surface area contributed by atoms with Gasteiger partial charge in [-0.25, -0.2) is 0 Å². The molecule has 0 saturated heterocycles. The van der Waals surface area contributed by atoms with Gasteiger partial charge in [-0.3, -0.25) is 0 Å². The molecule has 0 aliphatic carbocycles. The van der Waals surface area contributed by atoms with Gasteiger partial charge in [0.2, 0.25) is 0 Å². The Kier molecular flexibility index (Phi) is 5.51. The summed E-state index contributed by atoms with van der Waals surface area (Å²) in [6.07, 6.45) is 1.72. The van der Waals surface area contributed by atoms with Gasteiger partial charge in [0.15, 0.2) is 0 Å². The van der Waals surface area contributed by atoms with Crippen LogP contribution in [0.5, 0.6) is 5.75 Å². The average molecular weight is 208 g/mol.